The Labute approximate surface area is 116 Å². The van der Waals surface area contributed by atoms with Gasteiger partial charge in [-0.15, -0.1) is 0 Å². The van der Waals surface area contributed by atoms with E-state index in [0.717, 1.165) is 0 Å². The maximum Gasteiger partial charge on any atom is 0.319 e. The monoisotopic (exact) mass is 276 g/mol. The van der Waals surface area contributed by atoms with Crippen LogP contribution in [0.15, 0.2) is 18.2 Å². The third kappa shape index (κ3) is 4.50. The number of amides is 2. The molecule has 0 aliphatic carbocycles. The number of carbonyl (C=O) groups is 1. The molecule has 6 heteroatoms. The van der Waals surface area contributed by atoms with Crippen LogP contribution < -0.4 is 10.6 Å². The highest BCUT2D eigenvalue weighted by Crippen LogP contribution is 2.22. The summed E-state index contributed by atoms with van der Waals surface area (Å²) < 4.78 is 0. The minimum absolute atomic E-state index is 0.206. The first-order valence-corrected chi connectivity index (χ1v) is 6.12. The van der Waals surface area contributed by atoms with Gasteiger partial charge in [0.05, 0.1) is 34.8 Å². The molecule has 1 aromatic rings. The maximum atomic E-state index is 11.7. The second-order valence-corrected chi connectivity index (χ2v) is 4.28. The van der Waals surface area contributed by atoms with Gasteiger partial charge in [-0.25, -0.2) is 4.79 Å². The number of carbonyl (C=O) groups excluding carboxylic acids is 1. The predicted molar refractivity (Wildman–Crippen MR) is 72.6 cm³/mol. The number of halogens is 1. The predicted octanol–water partition coefficient (Wildman–Crippen LogP) is 3.03. The van der Waals surface area contributed by atoms with Crippen molar-refractivity contribution in [2.45, 2.75) is 25.8 Å². The summed E-state index contributed by atoms with van der Waals surface area (Å²) in [6, 6.07) is 7.92. The lowest BCUT2D eigenvalue weighted by atomic mass is 10.2. The zero-order chi connectivity index (χ0) is 14.3. The molecule has 0 aromatic heterocycles. The number of anilines is 1. The molecule has 1 atom stereocenters. The number of urea groups is 1. The fraction of sp³-hybridized carbons (Fsp3) is 0.308. The number of hydrogen-bond acceptors (Lipinski definition) is 3. The Morgan fingerprint density at radius 1 is 1.47 bits per heavy atom. The molecule has 0 spiro atoms. The van der Waals surface area contributed by atoms with Crippen molar-refractivity contribution in [1.29, 1.82) is 10.5 Å². The van der Waals surface area contributed by atoms with E-state index >= 15 is 0 Å². The molecule has 2 amide bonds. The number of hydrogen-bond donors (Lipinski definition) is 2. The first-order chi connectivity index (χ1) is 9.10. The van der Waals surface area contributed by atoms with Crippen LogP contribution in [-0.4, -0.2) is 12.1 Å². The summed E-state index contributed by atoms with van der Waals surface area (Å²) in [5.74, 6) is 0. The second-order valence-electron chi connectivity index (χ2n) is 3.87. The molecular weight excluding hydrogens is 264 g/mol. The third-order valence-corrected chi connectivity index (χ3v) is 2.84. The van der Waals surface area contributed by atoms with Gasteiger partial charge >= 0.3 is 6.03 Å². The summed E-state index contributed by atoms with van der Waals surface area (Å²) in [7, 11) is 0. The van der Waals surface area contributed by atoms with Gasteiger partial charge in [0, 0.05) is 6.04 Å². The number of benzene rings is 1. The smallest absolute Gasteiger partial charge is 0.319 e. The fourth-order valence-electron chi connectivity index (χ4n) is 1.44. The SMILES string of the molecule is CC[C@H](CC#N)NC(=O)Nc1cc(C#N)ccc1Cl. The molecule has 0 fully saturated rings. The van der Waals surface area contributed by atoms with Crippen LogP contribution in [0.5, 0.6) is 0 Å². The van der Waals surface area contributed by atoms with Crippen molar-refractivity contribution >= 4 is 23.3 Å². The molecule has 2 N–H and O–H groups in total. The Balaban J connectivity index is 2.72. The quantitative estimate of drug-likeness (QED) is 0.886. The lowest BCUT2D eigenvalue weighted by Gasteiger charge is -2.15. The minimum Gasteiger partial charge on any atom is -0.334 e. The van der Waals surface area contributed by atoms with E-state index < -0.39 is 6.03 Å². The molecular formula is C13H13ClN4O. The number of nitriles is 2. The minimum atomic E-state index is -0.445. The molecule has 1 aromatic carbocycles. The highest BCUT2D eigenvalue weighted by atomic mass is 35.5. The normalized spacial score (nSPS) is 10.9. The van der Waals surface area contributed by atoms with E-state index in [0.29, 0.717) is 22.7 Å². The standard InChI is InChI=1S/C13H13ClN4O/c1-2-10(5-6-15)17-13(19)18-12-7-9(8-16)3-4-11(12)14/h3-4,7,10H,2,5H2,1H3,(H2,17,18,19)/t10-/m1/s1. The van der Waals surface area contributed by atoms with Gasteiger partial charge in [0.1, 0.15) is 0 Å². The van der Waals surface area contributed by atoms with Gasteiger partial charge < -0.3 is 10.6 Å². The molecule has 0 heterocycles. The average molecular weight is 277 g/mol. The molecule has 5 nitrogen and oxygen atoms in total. The molecule has 0 unspecified atom stereocenters. The molecule has 1 rings (SSSR count). The molecule has 0 bridgehead atoms. The van der Waals surface area contributed by atoms with Gasteiger partial charge in [-0.05, 0) is 24.6 Å². The molecule has 98 valence electrons. The van der Waals surface area contributed by atoms with Crippen molar-refractivity contribution in [3.63, 3.8) is 0 Å². The van der Waals surface area contributed by atoms with Crippen LogP contribution in [0.25, 0.3) is 0 Å². The Kier molecular flexibility index (Phi) is 5.66. The lowest BCUT2D eigenvalue weighted by Crippen LogP contribution is -2.37. The average Bonchev–Trinajstić information content (AvgIpc) is 2.40. The second kappa shape index (κ2) is 7.25. The molecule has 0 saturated heterocycles. The van der Waals surface area contributed by atoms with E-state index in [1.807, 2.05) is 19.1 Å². The van der Waals surface area contributed by atoms with E-state index in [9.17, 15) is 4.79 Å². The van der Waals surface area contributed by atoms with Gasteiger partial charge in [-0.3, -0.25) is 0 Å². The largest absolute Gasteiger partial charge is 0.334 e. The maximum absolute atomic E-state index is 11.7. The van der Waals surface area contributed by atoms with Crippen molar-refractivity contribution in [3.8, 4) is 12.1 Å². The van der Waals surface area contributed by atoms with Gasteiger partial charge in [0.25, 0.3) is 0 Å². The van der Waals surface area contributed by atoms with Crippen LogP contribution in [0, 0.1) is 22.7 Å². The fourth-order valence-corrected chi connectivity index (χ4v) is 1.61. The highest BCUT2D eigenvalue weighted by Gasteiger charge is 2.11. The number of rotatable bonds is 4. The van der Waals surface area contributed by atoms with Crippen molar-refractivity contribution in [2.24, 2.45) is 0 Å². The lowest BCUT2D eigenvalue weighted by molar-refractivity contribution is 0.248. The Hall–Kier alpha value is -2.24. The van der Waals surface area contributed by atoms with Crippen LogP contribution >= 0.6 is 11.6 Å². The van der Waals surface area contributed by atoms with Crippen LogP contribution in [0.3, 0.4) is 0 Å². The number of nitrogens with zero attached hydrogens (tertiary/aromatic N) is 2. The van der Waals surface area contributed by atoms with Crippen molar-refractivity contribution in [2.75, 3.05) is 5.32 Å². The van der Waals surface area contributed by atoms with Gasteiger partial charge in [-0.2, -0.15) is 10.5 Å². The van der Waals surface area contributed by atoms with E-state index in [-0.39, 0.29) is 12.5 Å². The van der Waals surface area contributed by atoms with E-state index in [1.54, 1.807) is 12.1 Å². The van der Waals surface area contributed by atoms with Crippen molar-refractivity contribution in [1.82, 2.24) is 5.32 Å². The molecule has 19 heavy (non-hydrogen) atoms. The Bertz CT molecular complexity index is 545. The highest BCUT2D eigenvalue weighted by molar-refractivity contribution is 6.33. The van der Waals surface area contributed by atoms with Crippen molar-refractivity contribution in [3.05, 3.63) is 28.8 Å². The van der Waals surface area contributed by atoms with Crippen LogP contribution in [-0.2, 0) is 0 Å². The molecule has 0 radical (unpaired) electrons. The first kappa shape index (κ1) is 14.8. The summed E-state index contributed by atoms with van der Waals surface area (Å²) in [6.45, 7) is 1.88. The van der Waals surface area contributed by atoms with Crippen molar-refractivity contribution < 1.29 is 4.79 Å². The Morgan fingerprint density at radius 2 is 2.21 bits per heavy atom. The van der Waals surface area contributed by atoms with Crippen LogP contribution in [0.4, 0.5) is 10.5 Å². The van der Waals surface area contributed by atoms with E-state index in [4.69, 9.17) is 22.1 Å². The molecule has 0 aliphatic heterocycles. The zero-order valence-corrected chi connectivity index (χ0v) is 11.2. The summed E-state index contributed by atoms with van der Waals surface area (Å²) in [5, 5.41) is 23.0. The summed E-state index contributed by atoms with van der Waals surface area (Å²) in [4.78, 5) is 11.7. The summed E-state index contributed by atoms with van der Waals surface area (Å²) in [5.41, 5.74) is 0.772. The van der Waals surface area contributed by atoms with E-state index in [1.165, 1.54) is 6.07 Å². The van der Waals surface area contributed by atoms with Crippen LogP contribution in [0.1, 0.15) is 25.3 Å². The number of nitrogens with one attached hydrogen (secondary N) is 2. The summed E-state index contributed by atoms with van der Waals surface area (Å²) >= 11 is 5.92. The Morgan fingerprint density at radius 3 is 2.79 bits per heavy atom. The topological polar surface area (TPSA) is 88.7 Å². The summed E-state index contributed by atoms with van der Waals surface area (Å²) in [6.07, 6.45) is 0.906. The van der Waals surface area contributed by atoms with E-state index in [2.05, 4.69) is 10.6 Å². The molecule has 0 aliphatic rings. The first-order valence-electron chi connectivity index (χ1n) is 5.74. The van der Waals surface area contributed by atoms with Crippen LogP contribution in [0.2, 0.25) is 5.02 Å². The van der Waals surface area contributed by atoms with Gasteiger partial charge in [-0.1, -0.05) is 18.5 Å². The third-order valence-electron chi connectivity index (χ3n) is 2.51. The van der Waals surface area contributed by atoms with Gasteiger partial charge in [0.2, 0.25) is 0 Å². The van der Waals surface area contributed by atoms with Gasteiger partial charge in [0.15, 0.2) is 0 Å². The molecule has 0 saturated carbocycles. The zero-order valence-electron chi connectivity index (χ0n) is 10.4.